The lowest BCUT2D eigenvalue weighted by Crippen LogP contribution is -2.35. The quantitative estimate of drug-likeness (QED) is 0.552. The van der Waals surface area contributed by atoms with Gasteiger partial charge in [-0.05, 0) is 73.0 Å². The standard InChI is InChI=1S/C25H27FN2O2.ClH/c1-30-22-10-7-19-3-2-4-24(23(19)17-22)28-15-12-18(13-16-28)11-14-27-25(29)20-5-8-21(26)9-6-20;/h2-10,17-18H,11-16H2,1H3,(H,27,29);1H. The van der Waals surface area contributed by atoms with Gasteiger partial charge in [0.1, 0.15) is 11.6 Å². The van der Waals surface area contributed by atoms with Crippen LogP contribution >= 0.6 is 12.4 Å². The Morgan fingerprint density at radius 2 is 1.84 bits per heavy atom. The van der Waals surface area contributed by atoms with E-state index < -0.39 is 0 Å². The summed E-state index contributed by atoms with van der Waals surface area (Å²) in [5.41, 5.74) is 1.76. The highest BCUT2D eigenvalue weighted by Gasteiger charge is 2.21. The van der Waals surface area contributed by atoms with Gasteiger partial charge in [0.05, 0.1) is 7.11 Å². The first-order chi connectivity index (χ1) is 14.6. The van der Waals surface area contributed by atoms with Crippen molar-refractivity contribution >= 4 is 34.8 Å². The summed E-state index contributed by atoms with van der Waals surface area (Å²) in [6, 6.07) is 18.3. The molecule has 1 aliphatic heterocycles. The maximum absolute atomic E-state index is 13.0. The first kappa shape index (κ1) is 22.9. The number of nitrogens with one attached hydrogen (secondary N) is 1. The fourth-order valence-corrected chi connectivity index (χ4v) is 4.19. The Hall–Kier alpha value is -2.79. The summed E-state index contributed by atoms with van der Waals surface area (Å²) >= 11 is 0. The molecule has 0 radical (unpaired) electrons. The summed E-state index contributed by atoms with van der Waals surface area (Å²) in [5, 5.41) is 5.40. The van der Waals surface area contributed by atoms with E-state index in [2.05, 4.69) is 40.5 Å². The molecule has 4 rings (SSSR count). The Labute approximate surface area is 188 Å². The molecule has 6 heteroatoms. The van der Waals surface area contributed by atoms with Crippen LogP contribution in [0.1, 0.15) is 29.6 Å². The molecule has 3 aromatic rings. The van der Waals surface area contributed by atoms with Crippen molar-refractivity contribution in [1.82, 2.24) is 5.32 Å². The molecule has 0 unspecified atom stereocenters. The van der Waals surface area contributed by atoms with Crippen molar-refractivity contribution < 1.29 is 13.9 Å². The number of fused-ring (bicyclic) bond motifs is 1. The third kappa shape index (κ3) is 5.47. The maximum Gasteiger partial charge on any atom is 0.251 e. The Morgan fingerprint density at radius 3 is 2.55 bits per heavy atom. The monoisotopic (exact) mass is 442 g/mol. The van der Waals surface area contributed by atoms with Crippen LogP contribution in [0.15, 0.2) is 60.7 Å². The smallest absolute Gasteiger partial charge is 0.251 e. The van der Waals surface area contributed by atoms with Crippen molar-refractivity contribution in [2.75, 3.05) is 31.6 Å². The molecule has 1 aliphatic rings. The predicted molar refractivity (Wildman–Crippen MR) is 126 cm³/mol. The Morgan fingerprint density at radius 1 is 1.10 bits per heavy atom. The van der Waals surface area contributed by atoms with Crippen LogP contribution in [0.2, 0.25) is 0 Å². The average Bonchev–Trinajstić information content (AvgIpc) is 2.79. The molecule has 0 aromatic heterocycles. The van der Waals surface area contributed by atoms with Crippen molar-refractivity contribution in [3.8, 4) is 5.75 Å². The maximum atomic E-state index is 13.0. The molecule has 31 heavy (non-hydrogen) atoms. The van der Waals surface area contributed by atoms with E-state index in [4.69, 9.17) is 4.74 Å². The number of amides is 1. The van der Waals surface area contributed by atoms with E-state index in [0.717, 1.165) is 38.1 Å². The number of methoxy groups -OCH3 is 1. The number of carbonyl (C=O) groups excluding carboxylic acids is 1. The molecule has 3 aromatic carbocycles. The minimum atomic E-state index is -0.331. The number of benzene rings is 3. The molecule has 1 heterocycles. The predicted octanol–water partition coefficient (Wildman–Crippen LogP) is 5.45. The number of hydrogen-bond donors (Lipinski definition) is 1. The molecule has 0 bridgehead atoms. The van der Waals surface area contributed by atoms with E-state index in [9.17, 15) is 9.18 Å². The van der Waals surface area contributed by atoms with Gasteiger partial charge in [0.2, 0.25) is 0 Å². The number of hydrogen-bond acceptors (Lipinski definition) is 3. The average molecular weight is 443 g/mol. The van der Waals surface area contributed by atoms with Crippen LogP contribution in [0.25, 0.3) is 10.8 Å². The highest BCUT2D eigenvalue weighted by Crippen LogP contribution is 2.33. The van der Waals surface area contributed by atoms with Crippen molar-refractivity contribution in [1.29, 1.82) is 0 Å². The molecule has 1 amide bonds. The zero-order valence-corrected chi connectivity index (χ0v) is 18.5. The van der Waals surface area contributed by atoms with E-state index in [-0.39, 0.29) is 24.1 Å². The normalized spacial score (nSPS) is 14.2. The summed E-state index contributed by atoms with van der Waals surface area (Å²) in [6.45, 7) is 2.66. The van der Waals surface area contributed by atoms with Crippen LogP contribution in [0.5, 0.6) is 5.75 Å². The topological polar surface area (TPSA) is 41.6 Å². The first-order valence-electron chi connectivity index (χ1n) is 10.5. The fourth-order valence-electron chi connectivity index (χ4n) is 4.19. The third-order valence-electron chi connectivity index (χ3n) is 5.97. The lowest BCUT2D eigenvalue weighted by molar-refractivity contribution is 0.0950. The van der Waals surface area contributed by atoms with Gasteiger partial charge < -0.3 is 15.0 Å². The molecule has 0 saturated carbocycles. The van der Waals surface area contributed by atoms with E-state index in [1.165, 1.54) is 40.7 Å². The summed E-state index contributed by atoms with van der Waals surface area (Å²) in [6.07, 6.45) is 3.17. The van der Waals surface area contributed by atoms with Crippen LogP contribution in [0, 0.1) is 11.7 Å². The highest BCUT2D eigenvalue weighted by atomic mass is 35.5. The molecule has 0 atom stereocenters. The fraction of sp³-hybridized carbons (Fsp3) is 0.320. The van der Waals surface area contributed by atoms with Crippen LogP contribution in [-0.2, 0) is 0 Å². The van der Waals surface area contributed by atoms with Crippen LogP contribution in [0.4, 0.5) is 10.1 Å². The van der Waals surface area contributed by atoms with Crippen molar-refractivity contribution in [2.45, 2.75) is 19.3 Å². The molecule has 4 nitrogen and oxygen atoms in total. The molecule has 1 N–H and O–H groups in total. The van der Waals surface area contributed by atoms with E-state index in [1.807, 2.05) is 6.07 Å². The van der Waals surface area contributed by atoms with Gasteiger partial charge in [-0.1, -0.05) is 18.2 Å². The van der Waals surface area contributed by atoms with Crippen LogP contribution < -0.4 is 15.0 Å². The minimum absolute atomic E-state index is 0. The van der Waals surface area contributed by atoms with Gasteiger partial charge >= 0.3 is 0 Å². The number of halogens is 2. The van der Waals surface area contributed by atoms with Gasteiger partial charge in [-0.15, -0.1) is 12.4 Å². The van der Waals surface area contributed by atoms with E-state index in [1.54, 1.807) is 7.11 Å². The Bertz CT molecular complexity index is 1020. The van der Waals surface area contributed by atoms with Gasteiger partial charge in [-0.3, -0.25) is 4.79 Å². The Kier molecular flexibility index (Phi) is 7.75. The molecular weight excluding hydrogens is 415 g/mol. The van der Waals surface area contributed by atoms with Crippen molar-refractivity contribution in [3.05, 3.63) is 72.0 Å². The minimum Gasteiger partial charge on any atom is -0.497 e. The SMILES string of the molecule is COc1ccc2cccc(N3CCC(CCNC(=O)c4ccc(F)cc4)CC3)c2c1.Cl. The lowest BCUT2D eigenvalue weighted by atomic mass is 9.92. The number of anilines is 1. The summed E-state index contributed by atoms with van der Waals surface area (Å²) in [5.74, 6) is 1.00. The number of carbonyl (C=O) groups is 1. The molecular formula is C25H28ClFN2O2. The van der Waals surface area contributed by atoms with Gasteiger partial charge in [0.15, 0.2) is 0 Å². The van der Waals surface area contributed by atoms with Gasteiger partial charge in [0.25, 0.3) is 5.91 Å². The van der Waals surface area contributed by atoms with Crippen LogP contribution in [-0.4, -0.2) is 32.7 Å². The zero-order chi connectivity index (χ0) is 20.9. The van der Waals surface area contributed by atoms with Crippen molar-refractivity contribution in [2.24, 2.45) is 5.92 Å². The molecule has 164 valence electrons. The lowest BCUT2D eigenvalue weighted by Gasteiger charge is -2.34. The number of rotatable bonds is 6. The molecule has 1 saturated heterocycles. The zero-order valence-electron chi connectivity index (χ0n) is 17.6. The largest absolute Gasteiger partial charge is 0.497 e. The summed E-state index contributed by atoms with van der Waals surface area (Å²) in [7, 11) is 1.70. The molecule has 0 spiro atoms. The Balaban J connectivity index is 0.00000272. The second-order valence-corrected chi connectivity index (χ2v) is 7.85. The van der Waals surface area contributed by atoms with E-state index in [0.29, 0.717) is 18.0 Å². The second kappa shape index (κ2) is 10.5. The number of piperidine rings is 1. The van der Waals surface area contributed by atoms with Crippen molar-refractivity contribution in [3.63, 3.8) is 0 Å². The molecule has 1 fully saturated rings. The van der Waals surface area contributed by atoms with Gasteiger partial charge in [0, 0.05) is 36.3 Å². The number of ether oxygens (including phenoxy) is 1. The molecule has 0 aliphatic carbocycles. The summed E-state index contributed by atoms with van der Waals surface area (Å²) in [4.78, 5) is 14.6. The summed E-state index contributed by atoms with van der Waals surface area (Å²) < 4.78 is 18.4. The number of nitrogens with zero attached hydrogens (tertiary/aromatic N) is 1. The van der Waals surface area contributed by atoms with E-state index >= 15 is 0 Å². The van der Waals surface area contributed by atoms with Gasteiger partial charge in [-0.25, -0.2) is 4.39 Å². The third-order valence-corrected chi connectivity index (χ3v) is 5.97. The highest BCUT2D eigenvalue weighted by molar-refractivity contribution is 5.95. The van der Waals surface area contributed by atoms with Gasteiger partial charge in [-0.2, -0.15) is 0 Å². The van der Waals surface area contributed by atoms with Crippen LogP contribution in [0.3, 0.4) is 0 Å². The second-order valence-electron chi connectivity index (χ2n) is 7.85. The first-order valence-corrected chi connectivity index (χ1v) is 10.5.